The molecule has 0 saturated carbocycles. The molecule has 8 heteroatoms. The lowest BCUT2D eigenvalue weighted by molar-refractivity contribution is 0.102. The van der Waals surface area contributed by atoms with Crippen LogP contribution in [0.1, 0.15) is 27.7 Å². The van der Waals surface area contributed by atoms with Crippen molar-refractivity contribution in [3.63, 3.8) is 0 Å². The van der Waals surface area contributed by atoms with E-state index >= 15 is 0 Å². The molecule has 3 rings (SSSR count). The summed E-state index contributed by atoms with van der Waals surface area (Å²) in [6.45, 7) is 3.69. The van der Waals surface area contributed by atoms with Crippen LogP contribution in [-0.4, -0.2) is 21.4 Å². The number of amides is 1. The van der Waals surface area contributed by atoms with Gasteiger partial charge in [-0.05, 0) is 60.2 Å². The van der Waals surface area contributed by atoms with Crippen LogP contribution >= 0.6 is 11.3 Å². The van der Waals surface area contributed by atoms with Crippen molar-refractivity contribution in [1.82, 2.24) is 0 Å². The number of carbonyl (C=O) groups is 1. The number of sulfonamides is 1. The fourth-order valence-corrected chi connectivity index (χ4v) is 5.13. The minimum Gasteiger partial charge on any atom is -0.495 e. The maximum Gasteiger partial charge on any atom is 0.266 e. The molecule has 29 heavy (non-hydrogen) atoms. The highest BCUT2D eigenvalue weighted by molar-refractivity contribution is 7.92. The molecule has 0 spiro atoms. The third-order valence-corrected chi connectivity index (χ3v) is 6.88. The Bertz CT molecular complexity index is 1140. The molecule has 3 aromatic rings. The van der Waals surface area contributed by atoms with E-state index in [2.05, 4.69) is 10.0 Å². The van der Waals surface area contributed by atoms with Crippen LogP contribution in [0, 0.1) is 6.92 Å². The van der Waals surface area contributed by atoms with Crippen LogP contribution in [0.25, 0.3) is 0 Å². The number of aryl methyl sites for hydroxylation is 2. The SMILES string of the molecule is CCc1ccsc1C(=O)Nc1ccc(C)c(S(=O)(=O)Nc2ccccc2OC)c1. The minimum absolute atomic E-state index is 0.0862. The molecule has 0 radical (unpaired) electrons. The predicted octanol–water partition coefficient (Wildman–Crippen LogP) is 4.68. The highest BCUT2D eigenvalue weighted by Gasteiger charge is 2.20. The van der Waals surface area contributed by atoms with Crippen molar-refractivity contribution in [2.45, 2.75) is 25.2 Å². The second-order valence-corrected chi connectivity index (χ2v) is 8.94. The van der Waals surface area contributed by atoms with Crippen molar-refractivity contribution in [1.29, 1.82) is 0 Å². The Hall–Kier alpha value is -2.84. The molecule has 1 heterocycles. The summed E-state index contributed by atoms with van der Waals surface area (Å²) in [6, 6.07) is 13.5. The molecule has 0 bridgehead atoms. The molecule has 0 unspecified atom stereocenters. The summed E-state index contributed by atoms with van der Waals surface area (Å²) in [7, 11) is -2.40. The van der Waals surface area contributed by atoms with Gasteiger partial charge in [-0.1, -0.05) is 25.1 Å². The monoisotopic (exact) mass is 430 g/mol. The van der Waals surface area contributed by atoms with Gasteiger partial charge in [-0.2, -0.15) is 0 Å². The molecule has 2 aromatic carbocycles. The zero-order valence-corrected chi connectivity index (χ0v) is 18.0. The average Bonchev–Trinajstić information content (AvgIpc) is 3.18. The van der Waals surface area contributed by atoms with Crippen molar-refractivity contribution in [2.75, 3.05) is 17.1 Å². The zero-order valence-electron chi connectivity index (χ0n) is 16.4. The Balaban J connectivity index is 1.89. The first kappa shape index (κ1) is 20.9. The number of anilines is 2. The number of rotatable bonds is 7. The Morgan fingerprint density at radius 3 is 2.62 bits per heavy atom. The van der Waals surface area contributed by atoms with E-state index in [-0.39, 0.29) is 10.8 Å². The highest BCUT2D eigenvalue weighted by Crippen LogP contribution is 2.28. The van der Waals surface area contributed by atoms with Gasteiger partial charge in [0, 0.05) is 5.69 Å². The molecule has 2 N–H and O–H groups in total. The summed E-state index contributed by atoms with van der Waals surface area (Å²) >= 11 is 1.36. The number of benzene rings is 2. The second kappa shape index (κ2) is 8.67. The molecule has 0 aliphatic carbocycles. The summed E-state index contributed by atoms with van der Waals surface area (Å²) in [6.07, 6.45) is 0.753. The highest BCUT2D eigenvalue weighted by atomic mass is 32.2. The summed E-state index contributed by atoms with van der Waals surface area (Å²) in [4.78, 5) is 13.3. The van der Waals surface area contributed by atoms with Crippen LogP contribution in [0.15, 0.2) is 58.8 Å². The van der Waals surface area contributed by atoms with Crippen molar-refractivity contribution in [3.8, 4) is 5.75 Å². The predicted molar refractivity (Wildman–Crippen MR) is 117 cm³/mol. The Morgan fingerprint density at radius 2 is 1.90 bits per heavy atom. The molecule has 1 aromatic heterocycles. The van der Waals surface area contributed by atoms with Crippen molar-refractivity contribution in [3.05, 3.63) is 69.9 Å². The van der Waals surface area contributed by atoms with E-state index in [0.29, 0.717) is 27.6 Å². The fraction of sp³-hybridized carbons (Fsp3) is 0.190. The Morgan fingerprint density at radius 1 is 1.14 bits per heavy atom. The third kappa shape index (κ3) is 4.60. The van der Waals surface area contributed by atoms with Crippen LogP contribution in [0.5, 0.6) is 5.75 Å². The van der Waals surface area contributed by atoms with E-state index < -0.39 is 10.0 Å². The quantitative estimate of drug-likeness (QED) is 0.570. The molecular formula is C21H22N2O4S2. The lowest BCUT2D eigenvalue weighted by Crippen LogP contribution is -2.16. The number of hydrogen-bond acceptors (Lipinski definition) is 5. The van der Waals surface area contributed by atoms with E-state index in [1.807, 2.05) is 18.4 Å². The molecule has 0 fully saturated rings. The summed E-state index contributed by atoms with van der Waals surface area (Å²) < 4.78 is 33.7. The lowest BCUT2D eigenvalue weighted by Gasteiger charge is -2.14. The zero-order chi connectivity index (χ0) is 21.0. The van der Waals surface area contributed by atoms with Crippen molar-refractivity contribution < 1.29 is 17.9 Å². The lowest BCUT2D eigenvalue weighted by atomic mass is 10.2. The van der Waals surface area contributed by atoms with Crippen LogP contribution in [0.4, 0.5) is 11.4 Å². The summed E-state index contributed by atoms with van der Waals surface area (Å²) in [5.41, 5.74) is 2.28. The van der Waals surface area contributed by atoms with Gasteiger partial charge in [-0.25, -0.2) is 8.42 Å². The summed E-state index contributed by atoms with van der Waals surface area (Å²) in [5.74, 6) is 0.171. The smallest absolute Gasteiger partial charge is 0.266 e. The van der Waals surface area contributed by atoms with Gasteiger partial charge in [0.05, 0.1) is 22.6 Å². The van der Waals surface area contributed by atoms with Gasteiger partial charge < -0.3 is 10.1 Å². The number of ether oxygens (including phenoxy) is 1. The largest absolute Gasteiger partial charge is 0.495 e. The van der Waals surface area contributed by atoms with Gasteiger partial charge >= 0.3 is 0 Å². The number of thiophene rings is 1. The van der Waals surface area contributed by atoms with Gasteiger partial charge in [0.25, 0.3) is 15.9 Å². The topological polar surface area (TPSA) is 84.5 Å². The van der Waals surface area contributed by atoms with Gasteiger partial charge in [0.1, 0.15) is 5.75 Å². The summed E-state index contributed by atoms with van der Waals surface area (Å²) in [5, 5.41) is 4.67. The average molecular weight is 431 g/mol. The molecule has 0 atom stereocenters. The molecule has 0 saturated heterocycles. The molecule has 1 amide bonds. The van der Waals surface area contributed by atoms with Crippen molar-refractivity contribution in [2.24, 2.45) is 0 Å². The Kier molecular flexibility index (Phi) is 6.24. The number of methoxy groups -OCH3 is 1. The first-order valence-corrected chi connectivity index (χ1v) is 11.4. The first-order valence-electron chi connectivity index (χ1n) is 9.00. The van der Waals surface area contributed by atoms with E-state index in [9.17, 15) is 13.2 Å². The maximum absolute atomic E-state index is 13.0. The fourth-order valence-electron chi connectivity index (χ4n) is 2.90. The molecule has 0 aliphatic heterocycles. The van der Waals surface area contributed by atoms with E-state index in [4.69, 9.17) is 4.74 Å². The maximum atomic E-state index is 13.0. The van der Waals surface area contributed by atoms with E-state index in [1.54, 1.807) is 43.3 Å². The van der Waals surface area contributed by atoms with Gasteiger partial charge in [0.2, 0.25) is 0 Å². The van der Waals surface area contributed by atoms with Gasteiger partial charge in [0.15, 0.2) is 0 Å². The first-order chi connectivity index (χ1) is 13.9. The second-order valence-electron chi connectivity index (χ2n) is 6.37. The minimum atomic E-state index is -3.88. The van der Waals surface area contributed by atoms with Crippen LogP contribution in [0.2, 0.25) is 0 Å². The molecule has 0 aliphatic rings. The number of hydrogen-bond donors (Lipinski definition) is 2. The number of para-hydroxylation sites is 2. The van der Waals surface area contributed by atoms with E-state index in [0.717, 1.165) is 12.0 Å². The Labute approximate surface area is 174 Å². The van der Waals surface area contributed by atoms with Crippen LogP contribution in [0.3, 0.4) is 0 Å². The van der Waals surface area contributed by atoms with Crippen LogP contribution in [-0.2, 0) is 16.4 Å². The normalized spacial score (nSPS) is 11.1. The van der Waals surface area contributed by atoms with Crippen LogP contribution < -0.4 is 14.8 Å². The molecule has 152 valence electrons. The van der Waals surface area contributed by atoms with Gasteiger partial charge in [-0.3, -0.25) is 9.52 Å². The molecule has 6 nitrogen and oxygen atoms in total. The molecular weight excluding hydrogens is 408 g/mol. The van der Waals surface area contributed by atoms with E-state index in [1.165, 1.54) is 24.5 Å². The van der Waals surface area contributed by atoms with Gasteiger partial charge in [-0.15, -0.1) is 11.3 Å². The number of carbonyl (C=O) groups excluding carboxylic acids is 1. The standard InChI is InChI=1S/C21H22N2O4S2/c1-4-15-11-12-28-20(15)21(24)22-16-10-9-14(2)19(13-16)29(25,26)23-17-7-5-6-8-18(17)27-3/h5-13,23H,4H2,1-3H3,(H,22,24). The number of nitrogens with one attached hydrogen (secondary N) is 2. The third-order valence-electron chi connectivity index (χ3n) is 4.42. The van der Waals surface area contributed by atoms with Crippen molar-refractivity contribution >= 4 is 38.6 Å².